The molecule has 2 heterocycles. The van der Waals surface area contributed by atoms with Gasteiger partial charge in [0.15, 0.2) is 0 Å². The molecular formula is C40H52N6. The fourth-order valence-electron chi connectivity index (χ4n) is 5.27. The molecule has 0 aliphatic carbocycles. The number of hydrogen-bond donors (Lipinski definition) is 0. The molecule has 4 aromatic rings. The zero-order valence-corrected chi connectivity index (χ0v) is 28.4. The predicted octanol–water partition coefficient (Wildman–Crippen LogP) is 10.5. The summed E-state index contributed by atoms with van der Waals surface area (Å²) >= 11 is 0. The molecule has 6 nitrogen and oxygen atoms in total. The largest absolute Gasteiger partial charge is 0.372 e. The summed E-state index contributed by atoms with van der Waals surface area (Å²) in [5.74, 6) is 0. The van der Waals surface area contributed by atoms with Crippen LogP contribution in [0.5, 0.6) is 0 Å². The van der Waals surface area contributed by atoms with Crippen molar-refractivity contribution in [1.29, 1.82) is 0 Å². The highest BCUT2D eigenvalue weighted by atomic mass is 15.1. The van der Waals surface area contributed by atoms with Crippen LogP contribution in [0.3, 0.4) is 0 Å². The minimum atomic E-state index is 0.806. The Hall–Kier alpha value is -4.32. The van der Waals surface area contributed by atoms with Gasteiger partial charge >= 0.3 is 0 Å². The molecule has 0 saturated heterocycles. The van der Waals surface area contributed by atoms with Crippen molar-refractivity contribution in [2.24, 2.45) is 9.98 Å². The van der Waals surface area contributed by atoms with Gasteiger partial charge in [0.2, 0.25) is 0 Å². The first-order valence-corrected chi connectivity index (χ1v) is 17.3. The zero-order valence-electron chi connectivity index (χ0n) is 28.4. The van der Waals surface area contributed by atoms with E-state index in [4.69, 9.17) is 9.98 Å². The molecular weight excluding hydrogens is 564 g/mol. The number of benzene rings is 2. The lowest BCUT2D eigenvalue weighted by atomic mass is 10.1. The van der Waals surface area contributed by atoms with Gasteiger partial charge in [-0.15, -0.1) is 0 Å². The van der Waals surface area contributed by atoms with Gasteiger partial charge in [-0.3, -0.25) is 20.0 Å². The van der Waals surface area contributed by atoms with E-state index in [2.05, 4.69) is 96.0 Å². The van der Waals surface area contributed by atoms with Gasteiger partial charge in [0.1, 0.15) is 0 Å². The highest BCUT2D eigenvalue weighted by Gasteiger charge is 2.07. The van der Waals surface area contributed by atoms with Gasteiger partial charge in [0.05, 0.1) is 22.8 Å². The number of aliphatic imine (C=N–C) groups is 2. The van der Waals surface area contributed by atoms with E-state index in [-0.39, 0.29) is 0 Å². The first kappa shape index (κ1) is 34.6. The molecule has 46 heavy (non-hydrogen) atoms. The molecule has 0 bridgehead atoms. The molecule has 0 saturated carbocycles. The maximum atomic E-state index is 4.75. The monoisotopic (exact) mass is 616 g/mol. The average Bonchev–Trinajstić information content (AvgIpc) is 3.11. The highest BCUT2D eigenvalue weighted by molar-refractivity contribution is 5.85. The number of nitrogens with zero attached hydrogens (tertiary/aromatic N) is 6. The third-order valence-corrected chi connectivity index (χ3v) is 8.11. The van der Waals surface area contributed by atoms with Crippen molar-refractivity contribution >= 4 is 35.2 Å². The van der Waals surface area contributed by atoms with Crippen molar-refractivity contribution in [3.05, 3.63) is 96.3 Å². The molecule has 0 spiro atoms. The Balaban J connectivity index is 1.41. The second-order valence-electron chi connectivity index (χ2n) is 11.9. The molecule has 2 aromatic heterocycles. The molecule has 0 N–H and O–H groups in total. The molecule has 4 rings (SSSR count). The fourth-order valence-corrected chi connectivity index (χ4v) is 5.27. The van der Waals surface area contributed by atoms with Gasteiger partial charge in [-0.05, 0) is 110 Å². The van der Waals surface area contributed by atoms with E-state index in [1.807, 2.05) is 49.1 Å². The van der Waals surface area contributed by atoms with E-state index in [0.717, 1.165) is 60.1 Å². The third kappa shape index (κ3) is 10.9. The number of rotatable bonds is 19. The summed E-state index contributed by atoms with van der Waals surface area (Å²) in [7, 11) is 0. The molecule has 0 aliphatic rings. The van der Waals surface area contributed by atoms with Gasteiger partial charge in [-0.25, -0.2) is 0 Å². The Kier molecular flexibility index (Phi) is 14.5. The van der Waals surface area contributed by atoms with Gasteiger partial charge in [0, 0.05) is 62.4 Å². The SMILES string of the molecule is CCCCN(CCCC)c1ccc(N=Cc2ccnc(-c3cc(C=Nc4ccc(N(CCCC)CCCC)cc4)ccn3)c2)cc1. The van der Waals surface area contributed by atoms with Gasteiger partial charge in [0.25, 0.3) is 0 Å². The molecule has 2 aromatic carbocycles. The second kappa shape index (κ2) is 19.3. The van der Waals surface area contributed by atoms with Crippen molar-refractivity contribution < 1.29 is 0 Å². The van der Waals surface area contributed by atoms with Gasteiger partial charge < -0.3 is 9.80 Å². The van der Waals surface area contributed by atoms with Crippen LogP contribution >= 0.6 is 0 Å². The predicted molar refractivity (Wildman–Crippen MR) is 199 cm³/mol. The smallest absolute Gasteiger partial charge is 0.0892 e. The van der Waals surface area contributed by atoms with E-state index in [9.17, 15) is 0 Å². The summed E-state index contributed by atoms with van der Waals surface area (Å²) in [6, 6.07) is 25.2. The van der Waals surface area contributed by atoms with Crippen LogP contribution in [0.2, 0.25) is 0 Å². The summed E-state index contributed by atoms with van der Waals surface area (Å²) in [6.07, 6.45) is 17.1. The minimum absolute atomic E-state index is 0.806. The summed E-state index contributed by atoms with van der Waals surface area (Å²) in [6.45, 7) is 13.4. The second-order valence-corrected chi connectivity index (χ2v) is 11.9. The maximum Gasteiger partial charge on any atom is 0.0892 e. The van der Waals surface area contributed by atoms with Crippen LogP contribution in [0.25, 0.3) is 11.4 Å². The number of aromatic nitrogens is 2. The van der Waals surface area contributed by atoms with E-state index >= 15 is 0 Å². The Morgan fingerprint density at radius 1 is 0.500 bits per heavy atom. The third-order valence-electron chi connectivity index (χ3n) is 8.11. The maximum absolute atomic E-state index is 4.75. The first-order valence-electron chi connectivity index (χ1n) is 17.3. The van der Waals surface area contributed by atoms with E-state index in [0.29, 0.717) is 0 Å². The van der Waals surface area contributed by atoms with Crippen LogP contribution < -0.4 is 9.80 Å². The first-order chi connectivity index (χ1) is 22.6. The number of anilines is 2. The Morgan fingerprint density at radius 3 is 1.17 bits per heavy atom. The molecule has 0 atom stereocenters. The normalized spacial score (nSPS) is 11.5. The quantitative estimate of drug-likeness (QED) is 0.0984. The molecule has 0 amide bonds. The lowest BCUT2D eigenvalue weighted by molar-refractivity contribution is 0.678. The lowest BCUT2D eigenvalue weighted by Gasteiger charge is -2.24. The fraction of sp³-hybridized carbons (Fsp3) is 0.400. The standard InChI is InChI=1S/C40H52N6/c1-5-9-25-45(26-10-6-2)37-17-13-35(14-18-37)43-31-33-21-23-41-39(29-33)40-30-34(22-24-42-40)32-44-36-15-19-38(20-16-36)46(27-11-7-3)28-12-8-4/h13-24,29-32H,5-12,25-28H2,1-4H3. The van der Waals surface area contributed by atoms with Crippen molar-refractivity contribution in [2.75, 3.05) is 36.0 Å². The van der Waals surface area contributed by atoms with E-state index < -0.39 is 0 Å². The van der Waals surface area contributed by atoms with Crippen LogP contribution in [0.1, 0.15) is 90.2 Å². The van der Waals surface area contributed by atoms with Crippen molar-refractivity contribution in [3.63, 3.8) is 0 Å². The van der Waals surface area contributed by atoms with Gasteiger partial charge in [-0.1, -0.05) is 53.4 Å². The van der Waals surface area contributed by atoms with Crippen molar-refractivity contribution in [1.82, 2.24) is 9.97 Å². The number of pyridine rings is 2. The van der Waals surface area contributed by atoms with Crippen LogP contribution in [0, 0.1) is 0 Å². The zero-order chi connectivity index (χ0) is 32.4. The van der Waals surface area contributed by atoms with Crippen LogP contribution in [0.15, 0.2) is 95.2 Å². The molecule has 6 heteroatoms. The average molecular weight is 617 g/mol. The Morgan fingerprint density at radius 2 is 0.848 bits per heavy atom. The number of hydrogen-bond acceptors (Lipinski definition) is 6. The molecule has 0 fully saturated rings. The van der Waals surface area contributed by atoms with E-state index in [1.54, 1.807) is 0 Å². The van der Waals surface area contributed by atoms with E-state index in [1.165, 1.54) is 62.7 Å². The molecule has 0 aliphatic heterocycles. The lowest BCUT2D eigenvalue weighted by Crippen LogP contribution is -2.25. The summed E-state index contributed by atoms with van der Waals surface area (Å²) in [5, 5.41) is 0. The summed E-state index contributed by atoms with van der Waals surface area (Å²) in [4.78, 5) is 23.7. The van der Waals surface area contributed by atoms with Crippen LogP contribution in [-0.2, 0) is 0 Å². The molecule has 242 valence electrons. The van der Waals surface area contributed by atoms with Gasteiger partial charge in [-0.2, -0.15) is 0 Å². The van der Waals surface area contributed by atoms with Crippen LogP contribution in [-0.4, -0.2) is 48.6 Å². The van der Waals surface area contributed by atoms with Crippen molar-refractivity contribution in [3.8, 4) is 11.4 Å². The minimum Gasteiger partial charge on any atom is -0.372 e. The summed E-state index contributed by atoms with van der Waals surface area (Å²) < 4.78 is 0. The summed E-state index contributed by atoms with van der Waals surface area (Å²) in [5.41, 5.74) is 7.99. The van der Waals surface area contributed by atoms with Crippen LogP contribution in [0.4, 0.5) is 22.7 Å². The van der Waals surface area contributed by atoms with Crippen molar-refractivity contribution in [2.45, 2.75) is 79.1 Å². The highest BCUT2D eigenvalue weighted by Crippen LogP contribution is 2.23. The molecule has 0 radical (unpaired) electrons. The Labute approximate surface area is 277 Å². The number of unbranched alkanes of at least 4 members (excludes halogenated alkanes) is 4. The molecule has 0 unspecified atom stereocenters. The topological polar surface area (TPSA) is 57.0 Å². The Bertz CT molecular complexity index is 1360.